The van der Waals surface area contributed by atoms with E-state index in [9.17, 15) is 0 Å². The van der Waals surface area contributed by atoms with Gasteiger partial charge in [0.2, 0.25) is 0 Å². The van der Waals surface area contributed by atoms with E-state index in [1.165, 1.54) is 24.1 Å². The van der Waals surface area contributed by atoms with Crippen molar-refractivity contribution >= 4 is 13.3 Å². The Morgan fingerprint density at radius 1 is 1.16 bits per heavy atom. The summed E-state index contributed by atoms with van der Waals surface area (Å²) in [6.07, 6.45) is 6.51. The van der Waals surface area contributed by atoms with Gasteiger partial charge in [0.25, 0.3) is 0 Å². The number of nitrogens with zero attached hydrogens (tertiary/aromatic N) is 2. The molecule has 3 heteroatoms. The van der Waals surface area contributed by atoms with Crippen molar-refractivity contribution in [3.63, 3.8) is 0 Å². The summed E-state index contributed by atoms with van der Waals surface area (Å²) >= 11 is 0. The highest BCUT2D eigenvalue weighted by Crippen LogP contribution is 2.32. The van der Waals surface area contributed by atoms with Gasteiger partial charge in [0.1, 0.15) is 0 Å². The van der Waals surface area contributed by atoms with Crippen molar-refractivity contribution in [2.75, 3.05) is 0 Å². The third-order valence-corrected chi connectivity index (χ3v) is 6.24. The lowest BCUT2D eigenvalue weighted by molar-refractivity contribution is 0.491. The van der Waals surface area contributed by atoms with Crippen LogP contribution in [0.4, 0.5) is 0 Å². The van der Waals surface area contributed by atoms with E-state index >= 15 is 0 Å². The van der Waals surface area contributed by atoms with Gasteiger partial charge in [-0.2, -0.15) is 0 Å². The van der Waals surface area contributed by atoms with Gasteiger partial charge >= 0.3 is 0 Å². The van der Waals surface area contributed by atoms with Crippen molar-refractivity contribution in [2.24, 2.45) is 0 Å². The number of aryl methyl sites for hydroxylation is 1. The van der Waals surface area contributed by atoms with Crippen molar-refractivity contribution in [3.8, 4) is 0 Å². The first-order valence-electron chi connectivity index (χ1n) is 7.16. The van der Waals surface area contributed by atoms with Gasteiger partial charge in [-0.3, -0.25) is 0 Å². The standard InChI is InChI=1S/C16H22N2Si/c1-19(2,3)14-8-6-13(7-9-14)15-5-4-10-18-12-17-11-16(15)18/h6-9,11-12,15H,4-5,10H2,1-3H3. The molecule has 100 valence electrons. The van der Waals surface area contributed by atoms with Gasteiger partial charge in [-0.05, 0) is 18.4 Å². The van der Waals surface area contributed by atoms with E-state index in [-0.39, 0.29) is 0 Å². The zero-order chi connectivity index (χ0) is 13.5. The van der Waals surface area contributed by atoms with Crippen LogP contribution in [0.25, 0.3) is 0 Å². The molecule has 1 unspecified atom stereocenters. The average Bonchev–Trinajstić information content (AvgIpc) is 2.86. The number of imidazole rings is 1. The smallest absolute Gasteiger partial charge is 0.0948 e. The van der Waals surface area contributed by atoms with Crippen molar-refractivity contribution in [1.82, 2.24) is 9.55 Å². The largest absolute Gasteiger partial charge is 0.334 e. The Hall–Kier alpha value is -1.35. The molecule has 1 aliphatic rings. The Morgan fingerprint density at radius 2 is 1.89 bits per heavy atom. The van der Waals surface area contributed by atoms with Gasteiger partial charge in [0.05, 0.1) is 14.4 Å². The number of aromatic nitrogens is 2. The Balaban J connectivity index is 1.93. The number of fused-ring (bicyclic) bond motifs is 1. The first kappa shape index (κ1) is 12.7. The minimum Gasteiger partial charge on any atom is -0.334 e. The monoisotopic (exact) mass is 270 g/mol. The van der Waals surface area contributed by atoms with E-state index in [0.29, 0.717) is 5.92 Å². The molecule has 0 aliphatic carbocycles. The second kappa shape index (κ2) is 4.64. The average molecular weight is 270 g/mol. The maximum atomic E-state index is 4.31. The fourth-order valence-corrected chi connectivity index (χ4v) is 4.14. The van der Waals surface area contributed by atoms with Crippen LogP contribution < -0.4 is 5.19 Å². The van der Waals surface area contributed by atoms with Crippen LogP contribution in [0.2, 0.25) is 19.6 Å². The minimum atomic E-state index is -1.18. The highest BCUT2D eigenvalue weighted by Gasteiger charge is 2.23. The third kappa shape index (κ3) is 2.39. The summed E-state index contributed by atoms with van der Waals surface area (Å²) in [6.45, 7) is 8.33. The van der Waals surface area contributed by atoms with Crippen LogP contribution in [0.5, 0.6) is 0 Å². The Labute approximate surface area is 116 Å². The number of hydrogen-bond acceptors (Lipinski definition) is 1. The molecular weight excluding hydrogens is 248 g/mol. The maximum Gasteiger partial charge on any atom is 0.0948 e. The number of hydrogen-bond donors (Lipinski definition) is 0. The predicted molar refractivity (Wildman–Crippen MR) is 82.7 cm³/mol. The molecule has 0 N–H and O–H groups in total. The molecule has 0 radical (unpaired) electrons. The van der Waals surface area contributed by atoms with Crippen LogP contribution in [0.1, 0.15) is 30.0 Å². The Morgan fingerprint density at radius 3 is 2.58 bits per heavy atom. The summed E-state index contributed by atoms with van der Waals surface area (Å²) in [5, 5.41) is 1.54. The second-order valence-corrected chi connectivity index (χ2v) is 11.7. The van der Waals surface area contributed by atoms with Gasteiger partial charge < -0.3 is 4.57 Å². The topological polar surface area (TPSA) is 17.8 Å². The summed E-state index contributed by atoms with van der Waals surface area (Å²) in [5.41, 5.74) is 2.83. The lowest BCUT2D eigenvalue weighted by atomic mass is 9.89. The molecule has 2 aromatic rings. The van der Waals surface area contributed by atoms with E-state index in [0.717, 1.165) is 6.54 Å². The molecule has 0 saturated carbocycles. The molecule has 1 aromatic heterocycles. The molecule has 1 aromatic carbocycles. The highest BCUT2D eigenvalue weighted by molar-refractivity contribution is 6.88. The van der Waals surface area contributed by atoms with Crippen molar-refractivity contribution < 1.29 is 0 Å². The van der Waals surface area contributed by atoms with Crippen LogP contribution in [0.15, 0.2) is 36.8 Å². The van der Waals surface area contributed by atoms with E-state index in [2.05, 4.69) is 53.5 Å². The molecule has 1 atom stereocenters. The molecular formula is C16H22N2Si. The number of benzene rings is 1. The Bertz CT molecular complexity index is 563. The van der Waals surface area contributed by atoms with Crippen LogP contribution in [-0.4, -0.2) is 17.6 Å². The van der Waals surface area contributed by atoms with Crippen molar-refractivity contribution in [2.45, 2.75) is 44.9 Å². The third-order valence-electron chi connectivity index (χ3n) is 4.17. The molecule has 1 aliphatic heterocycles. The number of rotatable bonds is 2. The zero-order valence-electron chi connectivity index (χ0n) is 12.1. The lowest BCUT2D eigenvalue weighted by Crippen LogP contribution is -2.37. The molecule has 0 spiro atoms. The van der Waals surface area contributed by atoms with Gasteiger partial charge in [-0.1, -0.05) is 49.1 Å². The van der Waals surface area contributed by atoms with Crippen LogP contribution in [-0.2, 0) is 6.54 Å². The molecule has 19 heavy (non-hydrogen) atoms. The first-order chi connectivity index (χ1) is 9.05. The highest BCUT2D eigenvalue weighted by atomic mass is 28.3. The maximum absolute atomic E-state index is 4.31. The molecule has 2 nitrogen and oxygen atoms in total. The van der Waals surface area contributed by atoms with E-state index in [1.54, 1.807) is 5.19 Å². The minimum absolute atomic E-state index is 0.534. The quantitative estimate of drug-likeness (QED) is 0.765. The van der Waals surface area contributed by atoms with Crippen LogP contribution in [0.3, 0.4) is 0 Å². The SMILES string of the molecule is C[Si](C)(C)c1ccc(C2CCCn3cncc32)cc1. The van der Waals surface area contributed by atoms with Crippen molar-refractivity contribution in [3.05, 3.63) is 48.0 Å². The summed E-state index contributed by atoms with van der Waals surface area (Å²) < 4.78 is 2.31. The summed E-state index contributed by atoms with van der Waals surface area (Å²) in [4.78, 5) is 4.31. The molecule has 0 fully saturated rings. The lowest BCUT2D eigenvalue weighted by Gasteiger charge is -2.25. The van der Waals surface area contributed by atoms with E-state index in [1.807, 2.05) is 12.5 Å². The molecule has 0 saturated heterocycles. The Kier molecular flexibility index (Phi) is 3.09. The predicted octanol–water partition coefficient (Wildman–Crippen LogP) is 3.35. The van der Waals surface area contributed by atoms with E-state index < -0.39 is 8.07 Å². The van der Waals surface area contributed by atoms with Crippen LogP contribution >= 0.6 is 0 Å². The van der Waals surface area contributed by atoms with Gasteiger partial charge in [0, 0.05) is 24.4 Å². The van der Waals surface area contributed by atoms with Crippen LogP contribution in [0, 0.1) is 0 Å². The second-order valence-electron chi connectivity index (χ2n) is 6.58. The van der Waals surface area contributed by atoms with Gasteiger partial charge in [-0.15, -0.1) is 0 Å². The zero-order valence-corrected chi connectivity index (χ0v) is 13.1. The fourth-order valence-electron chi connectivity index (χ4n) is 2.97. The molecule has 2 heterocycles. The van der Waals surface area contributed by atoms with Gasteiger partial charge in [0.15, 0.2) is 0 Å². The van der Waals surface area contributed by atoms with E-state index in [4.69, 9.17) is 0 Å². The molecule has 3 rings (SSSR count). The molecule has 0 amide bonds. The molecule has 0 bridgehead atoms. The fraction of sp³-hybridized carbons (Fsp3) is 0.438. The van der Waals surface area contributed by atoms with Crippen molar-refractivity contribution in [1.29, 1.82) is 0 Å². The first-order valence-corrected chi connectivity index (χ1v) is 10.7. The van der Waals surface area contributed by atoms with Gasteiger partial charge in [-0.25, -0.2) is 4.98 Å². The summed E-state index contributed by atoms with van der Waals surface area (Å²) in [6, 6.07) is 9.36. The summed E-state index contributed by atoms with van der Waals surface area (Å²) in [5.74, 6) is 0.534. The summed E-state index contributed by atoms with van der Waals surface area (Å²) in [7, 11) is -1.18. The normalized spacial score (nSPS) is 19.2.